The molecule has 316 valence electrons. The Hall–Kier alpha value is -0.617. The number of fused-ring (bicyclic) bond motifs is 5. The molecule has 0 amide bonds. The molecule has 3 atom stereocenters. The summed E-state index contributed by atoms with van der Waals surface area (Å²) in [5, 5.41) is 0. The zero-order chi connectivity index (χ0) is 37.2. The van der Waals surface area contributed by atoms with E-state index in [1.807, 2.05) is 16.7 Å². The minimum atomic E-state index is 0. The zero-order valence-electron chi connectivity index (χ0n) is 36.9. The molecule has 60 heavy (non-hydrogen) atoms. The molecule has 0 nitrogen and oxygen atoms in total. The SMILES string of the molecule is CC(C)C1(C2c3ccc(C45CC6CC(CC(C6)C4)C5)cc3-c3cc(C45CC6CC(CC(C6)C4)C5)ccc32)C2=C(CC(C34CC5CC(CC(C5)C3)C4)=C2)C2CCCC21.[Cl-].[Cl-].[Zr+2]. The van der Waals surface area contributed by atoms with Crippen molar-refractivity contribution in [3.05, 3.63) is 81.4 Å². The van der Waals surface area contributed by atoms with Crippen molar-refractivity contribution in [1.82, 2.24) is 0 Å². The topological polar surface area (TPSA) is 0 Å². The molecule has 0 spiro atoms. The van der Waals surface area contributed by atoms with Crippen LogP contribution in [0, 0.1) is 81.8 Å². The Labute approximate surface area is 394 Å². The van der Waals surface area contributed by atoms with Gasteiger partial charge in [-0.15, -0.1) is 0 Å². The minimum absolute atomic E-state index is 0. The molecule has 16 aliphatic rings. The molecule has 0 radical (unpaired) electrons. The number of rotatable bonds is 5. The molecule has 0 heterocycles. The summed E-state index contributed by atoms with van der Waals surface area (Å²) in [7, 11) is 0. The normalized spacial score (nSPS) is 48.4. The molecular weight excluding hydrogens is 847 g/mol. The van der Waals surface area contributed by atoms with E-state index >= 15 is 0 Å². The van der Waals surface area contributed by atoms with Crippen molar-refractivity contribution >= 4 is 0 Å². The fourth-order valence-electron chi connectivity index (χ4n) is 22.1. The van der Waals surface area contributed by atoms with Crippen LogP contribution in [0.1, 0.15) is 183 Å². The fraction of sp³-hybridized carbons (Fsp3) is 0.719. The predicted molar refractivity (Wildman–Crippen MR) is 232 cm³/mol. The average molecular weight is 917 g/mol. The van der Waals surface area contributed by atoms with E-state index in [-0.39, 0.29) is 56.4 Å². The van der Waals surface area contributed by atoms with Crippen molar-refractivity contribution < 1.29 is 51.0 Å². The molecule has 0 aromatic heterocycles. The summed E-state index contributed by atoms with van der Waals surface area (Å²) in [6.07, 6.45) is 36.2. The van der Waals surface area contributed by atoms with Gasteiger partial charge < -0.3 is 24.8 Å². The third-order valence-corrected chi connectivity index (χ3v) is 22.6. The molecule has 3 heteroatoms. The summed E-state index contributed by atoms with van der Waals surface area (Å²) < 4.78 is 0. The molecule has 2 aromatic rings. The van der Waals surface area contributed by atoms with Gasteiger partial charge in [0.1, 0.15) is 0 Å². The van der Waals surface area contributed by atoms with Gasteiger partial charge in [-0.2, -0.15) is 0 Å². The third kappa shape index (κ3) is 5.25. The van der Waals surface area contributed by atoms with Gasteiger partial charge in [-0.05, 0) is 261 Å². The quantitative estimate of drug-likeness (QED) is 0.282. The summed E-state index contributed by atoms with van der Waals surface area (Å²) >= 11 is 0. The first kappa shape index (κ1) is 40.9. The van der Waals surface area contributed by atoms with E-state index in [4.69, 9.17) is 0 Å². The molecule has 13 saturated carbocycles. The van der Waals surface area contributed by atoms with Crippen molar-refractivity contribution in [2.75, 3.05) is 0 Å². The smallest absolute Gasteiger partial charge is 1.00 e. The molecule has 0 aliphatic heterocycles. The van der Waals surface area contributed by atoms with Crippen LogP contribution in [0.4, 0.5) is 0 Å². The van der Waals surface area contributed by atoms with Crippen LogP contribution in [-0.2, 0) is 37.0 Å². The van der Waals surface area contributed by atoms with Gasteiger partial charge in [0, 0.05) is 11.3 Å². The Morgan fingerprint density at radius 2 is 0.917 bits per heavy atom. The average Bonchev–Trinajstić information content (AvgIpc) is 3.94. The largest absolute Gasteiger partial charge is 2.00 e. The summed E-state index contributed by atoms with van der Waals surface area (Å²) in [5.41, 5.74) is 18.0. The maximum absolute atomic E-state index is 3.02. The van der Waals surface area contributed by atoms with E-state index < -0.39 is 0 Å². The minimum Gasteiger partial charge on any atom is -1.00 e. The molecule has 0 N–H and O–H groups in total. The van der Waals surface area contributed by atoms with Gasteiger partial charge in [0.15, 0.2) is 0 Å². The summed E-state index contributed by atoms with van der Waals surface area (Å²) in [6, 6.07) is 17.0. The van der Waals surface area contributed by atoms with Crippen LogP contribution in [0.5, 0.6) is 0 Å². The van der Waals surface area contributed by atoms with Crippen LogP contribution in [0.15, 0.2) is 59.2 Å². The van der Waals surface area contributed by atoms with Gasteiger partial charge in [0.2, 0.25) is 0 Å². The van der Waals surface area contributed by atoms with E-state index in [9.17, 15) is 0 Å². The van der Waals surface area contributed by atoms with Crippen molar-refractivity contribution in [1.29, 1.82) is 0 Å². The second-order valence-electron chi connectivity index (χ2n) is 25.6. The van der Waals surface area contributed by atoms with Crippen LogP contribution in [0.25, 0.3) is 11.1 Å². The first-order chi connectivity index (χ1) is 27.8. The Balaban J connectivity index is 0.00000129. The standard InChI is InChI=1S/C57H70.2ClH.Zr/c1-32(2)57(51-5-3-4-45(51)50-21-44(22-52(50)57)56-29-39-16-40(30-56)18-41(17-39)31-56)53-46-8-6-42(54-23-33-10-34(24-54)12-35(11-33)25-54)19-48(46)49-20-43(7-9-47(49)53)55-26-36-13-37(27-55)15-38(14-36)28-55;;;/h6-9,19-20,22,32-41,45,51,53H,3-5,10-18,21,23-31H2,1-2H3;2*1H;/q;;;+2/p-2. The number of benzene rings is 2. The van der Waals surface area contributed by atoms with Gasteiger partial charge in [-0.3, -0.25) is 0 Å². The summed E-state index contributed by atoms with van der Waals surface area (Å²) in [5.74, 6) is 11.8. The van der Waals surface area contributed by atoms with E-state index in [1.165, 1.54) is 122 Å². The van der Waals surface area contributed by atoms with Crippen LogP contribution in [-0.4, -0.2) is 0 Å². The van der Waals surface area contributed by atoms with Gasteiger partial charge in [0.25, 0.3) is 0 Å². The number of allylic oxidation sites excluding steroid dienone is 4. The monoisotopic (exact) mass is 914 g/mol. The third-order valence-electron chi connectivity index (χ3n) is 22.6. The zero-order valence-corrected chi connectivity index (χ0v) is 40.8. The predicted octanol–water partition coefficient (Wildman–Crippen LogP) is 8.66. The first-order valence-corrected chi connectivity index (χ1v) is 25.5. The molecular formula is C57H70Cl2Zr. The fourth-order valence-corrected chi connectivity index (χ4v) is 22.1. The van der Waals surface area contributed by atoms with Crippen molar-refractivity contribution in [2.45, 2.75) is 172 Å². The Morgan fingerprint density at radius 1 is 0.517 bits per heavy atom. The Kier molecular flexibility index (Phi) is 9.34. The van der Waals surface area contributed by atoms with E-state index in [2.05, 4.69) is 56.3 Å². The molecule has 0 saturated heterocycles. The summed E-state index contributed by atoms with van der Waals surface area (Å²) in [4.78, 5) is 0. The van der Waals surface area contributed by atoms with Crippen molar-refractivity contribution in [2.24, 2.45) is 81.8 Å². The second kappa shape index (κ2) is 13.7. The van der Waals surface area contributed by atoms with Crippen LogP contribution < -0.4 is 24.8 Å². The van der Waals surface area contributed by atoms with E-state index in [1.54, 1.807) is 52.6 Å². The van der Waals surface area contributed by atoms with Crippen molar-refractivity contribution in [3.63, 3.8) is 0 Å². The van der Waals surface area contributed by atoms with Crippen LogP contribution in [0.2, 0.25) is 0 Å². The number of hydrogen-bond acceptors (Lipinski definition) is 0. The van der Waals surface area contributed by atoms with Crippen LogP contribution in [0.3, 0.4) is 0 Å². The summed E-state index contributed by atoms with van der Waals surface area (Å²) in [6.45, 7) is 5.40. The van der Waals surface area contributed by atoms with Crippen molar-refractivity contribution in [3.8, 4) is 11.1 Å². The van der Waals surface area contributed by atoms with E-state index in [0.29, 0.717) is 28.1 Å². The molecule has 16 aliphatic carbocycles. The van der Waals surface area contributed by atoms with Gasteiger partial charge in [-0.1, -0.05) is 73.9 Å². The van der Waals surface area contributed by atoms with Gasteiger partial charge in [0.05, 0.1) is 0 Å². The number of halogens is 2. The molecule has 12 bridgehead atoms. The molecule has 18 rings (SSSR count). The molecule has 13 fully saturated rings. The first-order valence-electron chi connectivity index (χ1n) is 25.5. The van der Waals surface area contributed by atoms with Gasteiger partial charge >= 0.3 is 26.2 Å². The molecule has 2 aromatic carbocycles. The Bertz CT molecular complexity index is 1990. The second-order valence-corrected chi connectivity index (χ2v) is 25.6. The van der Waals surface area contributed by atoms with Crippen LogP contribution >= 0.6 is 0 Å². The number of hydrogen-bond donors (Lipinski definition) is 0. The van der Waals surface area contributed by atoms with Gasteiger partial charge in [-0.25, -0.2) is 0 Å². The Morgan fingerprint density at radius 3 is 1.32 bits per heavy atom. The van der Waals surface area contributed by atoms with E-state index in [0.717, 1.165) is 65.1 Å². The molecule has 3 unspecified atom stereocenters. The maximum Gasteiger partial charge on any atom is 2.00 e. The maximum atomic E-state index is 3.02.